The zero-order valence-corrected chi connectivity index (χ0v) is 19.7. The molecular weight excluding hydrogens is 384 g/mol. The molecule has 3 nitrogen and oxygen atoms in total. The second kappa shape index (κ2) is 7.55. The monoisotopic (exact) mass is 418 g/mol. The summed E-state index contributed by atoms with van der Waals surface area (Å²) in [6.45, 7) is 14.5. The Bertz CT molecular complexity index is 1040. The van der Waals surface area contributed by atoms with Crippen molar-refractivity contribution in [1.82, 2.24) is 0 Å². The first-order valence-corrected chi connectivity index (χ1v) is 11.3. The van der Waals surface area contributed by atoms with E-state index in [0.717, 1.165) is 11.3 Å². The predicted octanol–water partition coefficient (Wildman–Crippen LogP) is 6.31. The van der Waals surface area contributed by atoms with Gasteiger partial charge in [-0.15, -0.1) is 0 Å². The van der Waals surface area contributed by atoms with Gasteiger partial charge in [-0.25, -0.2) is 4.79 Å². The van der Waals surface area contributed by atoms with Gasteiger partial charge in [-0.2, -0.15) is 0 Å². The molecule has 0 saturated carbocycles. The van der Waals surface area contributed by atoms with Crippen molar-refractivity contribution in [2.45, 2.75) is 70.6 Å². The molecule has 1 aliphatic carbocycles. The highest BCUT2D eigenvalue weighted by Crippen LogP contribution is 2.49. The van der Waals surface area contributed by atoms with Gasteiger partial charge in [-0.05, 0) is 71.9 Å². The lowest BCUT2D eigenvalue weighted by atomic mass is 9.62. The Kier molecular flexibility index (Phi) is 5.28. The Morgan fingerprint density at radius 3 is 2.35 bits per heavy atom. The van der Waals surface area contributed by atoms with Crippen molar-refractivity contribution in [1.29, 1.82) is 0 Å². The topological polar surface area (TPSA) is 35.5 Å². The van der Waals surface area contributed by atoms with E-state index in [1.807, 2.05) is 12.1 Å². The Labute approximate surface area is 186 Å². The van der Waals surface area contributed by atoms with Gasteiger partial charge in [-0.1, -0.05) is 58.0 Å². The molecule has 0 saturated heterocycles. The van der Waals surface area contributed by atoms with Crippen molar-refractivity contribution in [3.05, 3.63) is 70.3 Å². The number of carbonyl (C=O) groups is 1. The smallest absolute Gasteiger partial charge is 0.330 e. The molecule has 1 atom stereocenters. The van der Waals surface area contributed by atoms with Crippen LogP contribution in [0.4, 0.5) is 0 Å². The van der Waals surface area contributed by atoms with E-state index in [-0.39, 0.29) is 22.2 Å². The van der Waals surface area contributed by atoms with Gasteiger partial charge < -0.3 is 9.47 Å². The Balaban J connectivity index is 1.69. The number of hydrogen-bond acceptors (Lipinski definition) is 3. The highest BCUT2D eigenvalue weighted by molar-refractivity contribution is 5.87. The summed E-state index contributed by atoms with van der Waals surface area (Å²) < 4.78 is 11.1. The SMILES string of the molecule is CCOC(=O)C=Cc1ccc2c(c1)OCC2(C)c1ccc2c(c1)C(C)(C)CCC2(C)C. The van der Waals surface area contributed by atoms with Gasteiger partial charge in [0.2, 0.25) is 0 Å². The van der Waals surface area contributed by atoms with Crippen LogP contribution in [0.2, 0.25) is 0 Å². The maximum Gasteiger partial charge on any atom is 0.330 e. The zero-order valence-electron chi connectivity index (χ0n) is 19.7. The van der Waals surface area contributed by atoms with Gasteiger partial charge in [0.25, 0.3) is 0 Å². The summed E-state index contributed by atoms with van der Waals surface area (Å²) in [6.07, 6.45) is 5.67. The summed E-state index contributed by atoms with van der Waals surface area (Å²) in [5, 5.41) is 0. The van der Waals surface area contributed by atoms with E-state index in [0.29, 0.717) is 13.2 Å². The number of hydrogen-bond donors (Lipinski definition) is 0. The van der Waals surface area contributed by atoms with Crippen molar-refractivity contribution in [2.24, 2.45) is 0 Å². The lowest BCUT2D eigenvalue weighted by Gasteiger charge is -2.42. The maximum atomic E-state index is 11.6. The molecule has 31 heavy (non-hydrogen) atoms. The number of carbonyl (C=O) groups excluding carboxylic acids is 1. The van der Waals surface area contributed by atoms with E-state index >= 15 is 0 Å². The minimum Gasteiger partial charge on any atom is -0.492 e. The van der Waals surface area contributed by atoms with Crippen LogP contribution >= 0.6 is 0 Å². The maximum absolute atomic E-state index is 11.6. The first-order chi connectivity index (χ1) is 14.6. The lowest BCUT2D eigenvalue weighted by Crippen LogP contribution is -2.35. The second-order valence-electron chi connectivity index (χ2n) is 10.5. The molecule has 0 N–H and O–H groups in total. The molecule has 2 aromatic rings. The fourth-order valence-electron chi connectivity index (χ4n) is 5.04. The van der Waals surface area contributed by atoms with Crippen molar-refractivity contribution < 1.29 is 14.3 Å². The van der Waals surface area contributed by atoms with Crippen LogP contribution in [0, 0.1) is 0 Å². The average molecular weight is 419 g/mol. The van der Waals surface area contributed by atoms with Crippen LogP contribution < -0.4 is 4.74 Å². The molecule has 4 rings (SSSR count). The predicted molar refractivity (Wildman–Crippen MR) is 126 cm³/mol. The highest BCUT2D eigenvalue weighted by Gasteiger charge is 2.41. The van der Waals surface area contributed by atoms with Crippen molar-refractivity contribution in [2.75, 3.05) is 13.2 Å². The molecule has 2 aliphatic rings. The third kappa shape index (κ3) is 3.79. The number of benzene rings is 2. The van der Waals surface area contributed by atoms with Crippen LogP contribution in [0.15, 0.2) is 42.5 Å². The molecule has 1 unspecified atom stereocenters. The van der Waals surface area contributed by atoms with E-state index in [1.54, 1.807) is 13.0 Å². The third-order valence-electron chi connectivity index (χ3n) is 7.30. The number of rotatable bonds is 4. The van der Waals surface area contributed by atoms with E-state index < -0.39 is 0 Å². The van der Waals surface area contributed by atoms with Gasteiger partial charge in [0.1, 0.15) is 12.4 Å². The van der Waals surface area contributed by atoms with Crippen LogP contribution in [0.25, 0.3) is 6.08 Å². The first kappa shape index (κ1) is 21.7. The quantitative estimate of drug-likeness (QED) is 0.431. The summed E-state index contributed by atoms with van der Waals surface area (Å²) in [7, 11) is 0. The molecule has 164 valence electrons. The fourth-order valence-corrected chi connectivity index (χ4v) is 5.04. The molecule has 0 bridgehead atoms. The fraction of sp³-hybridized carbons (Fsp3) is 0.464. The number of fused-ring (bicyclic) bond motifs is 2. The first-order valence-electron chi connectivity index (χ1n) is 11.3. The largest absolute Gasteiger partial charge is 0.492 e. The Hall–Kier alpha value is -2.55. The normalized spacial score (nSPS) is 23.2. The van der Waals surface area contributed by atoms with Gasteiger partial charge in [0.05, 0.1) is 12.0 Å². The Morgan fingerprint density at radius 2 is 1.65 bits per heavy atom. The van der Waals surface area contributed by atoms with Crippen LogP contribution in [-0.2, 0) is 25.8 Å². The molecular formula is C28H34O3. The number of esters is 1. The molecule has 1 heterocycles. The van der Waals surface area contributed by atoms with Gasteiger partial charge in [0.15, 0.2) is 0 Å². The van der Waals surface area contributed by atoms with E-state index in [2.05, 4.69) is 58.9 Å². The van der Waals surface area contributed by atoms with Gasteiger partial charge in [0, 0.05) is 11.6 Å². The molecule has 0 spiro atoms. The van der Waals surface area contributed by atoms with E-state index in [1.165, 1.54) is 41.2 Å². The molecule has 0 amide bonds. The van der Waals surface area contributed by atoms with Crippen LogP contribution in [0.5, 0.6) is 5.75 Å². The average Bonchev–Trinajstić information content (AvgIpc) is 3.07. The van der Waals surface area contributed by atoms with Crippen LogP contribution in [0.3, 0.4) is 0 Å². The van der Waals surface area contributed by atoms with Crippen LogP contribution in [0.1, 0.15) is 82.2 Å². The Morgan fingerprint density at radius 1 is 0.968 bits per heavy atom. The second-order valence-corrected chi connectivity index (χ2v) is 10.5. The third-order valence-corrected chi connectivity index (χ3v) is 7.30. The van der Waals surface area contributed by atoms with Gasteiger partial charge in [-0.3, -0.25) is 0 Å². The van der Waals surface area contributed by atoms with Crippen molar-refractivity contribution in [3.63, 3.8) is 0 Å². The molecule has 2 aromatic carbocycles. The lowest BCUT2D eigenvalue weighted by molar-refractivity contribution is -0.137. The zero-order chi connectivity index (χ0) is 22.4. The summed E-state index contributed by atoms with van der Waals surface area (Å²) >= 11 is 0. The van der Waals surface area contributed by atoms with E-state index in [4.69, 9.17) is 9.47 Å². The molecule has 0 fully saturated rings. The molecule has 1 aliphatic heterocycles. The standard InChI is InChI=1S/C28H34O3/c1-7-30-25(29)13-9-19-8-11-22-24(16-19)31-18-28(22,6)20-10-12-21-23(17-20)27(4,5)15-14-26(21,2)3/h8-13,16-17H,7,14-15,18H2,1-6H3. The highest BCUT2D eigenvalue weighted by atomic mass is 16.5. The molecule has 3 heteroatoms. The minimum atomic E-state index is -0.326. The van der Waals surface area contributed by atoms with E-state index in [9.17, 15) is 4.79 Å². The summed E-state index contributed by atoms with van der Waals surface area (Å²) in [5.74, 6) is 0.569. The molecule has 0 aromatic heterocycles. The van der Waals surface area contributed by atoms with Crippen LogP contribution in [-0.4, -0.2) is 19.2 Å². The summed E-state index contributed by atoms with van der Waals surface area (Å²) in [5.41, 5.74) is 6.62. The van der Waals surface area contributed by atoms with Crippen molar-refractivity contribution >= 4 is 12.0 Å². The summed E-state index contributed by atoms with van der Waals surface area (Å²) in [6, 6.07) is 13.3. The summed E-state index contributed by atoms with van der Waals surface area (Å²) in [4.78, 5) is 11.6. The number of ether oxygens (including phenoxy) is 2. The minimum absolute atomic E-state index is 0.182. The van der Waals surface area contributed by atoms with Crippen molar-refractivity contribution in [3.8, 4) is 5.75 Å². The van der Waals surface area contributed by atoms with Gasteiger partial charge >= 0.3 is 5.97 Å². The molecule has 0 radical (unpaired) electrons.